The zero-order valence-electron chi connectivity index (χ0n) is 23.3. The highest BCUT2D eigenvalue weighted by Crippen LogP contribution is 2.36. The number of nitrogens with zero attached hydrogens (tertiary/aromatic N) is 2. The van der Waals surface area contributed by atoms with Gasteiger partial charge in [-0.05, 0) is 68.4 Å². The average molecular weight is 571 g/mol. The van der Waals surface area contributed by atoms with E-state index in [-0.39, 0.29) is 0 Å². The van der Waals surface area contributed by atoms with E-state index < -0.39 is 0 Å². The molecule has 5 aromatic carbocycles. The lowest BCUT2D eigenvalue weighted by Gasteiger charge is -2.12. The van der Waals surface area contributed by atoms with E-state index in [2.05, 4.69) is 116 Å². The maximum Gasteiger partial charge on any atom is 0.246 e. The summed E-state index contributed by atoms with van der Waals surface area (Å²) in [5.74, 6) is 0.876. The molecule has 0 amide bonds. The van der Waals surface area contributed by atoms with Crippen LogP contribution in [-0.2, 0) is 0 Å². The quantitative estimate of drug-likeness (QED) is 0.212. The highest BCUT2D eigenvalue weighted by Gasteiger charge is 2.15. The van der Waals surface area contributed by atoms with Crippen molar-refractivity contribution >= 4 is 55.9 Å². The number of benzene rings is 5. The summed E-state index contributed by atoms with van der Waals surface area (Å²) < 4.78 is 6.18. The van der Waals surface area contributed by atoms with Gasteiger partial charge < -0.3 is 4.42 Å². The van der Waals surface area contributed by atoms with Crippen LogP contribution in [0.25, 0.3) is 66.5 Å². The van der Waals surface area contributed by atoms with E-state index in [1.54, 1.807) is 0 Å². The van der Waals surface area contributed by atoms with Gasteiger partial charge in [0.15, 0.2) is 0 Å². The van der Waals surface area contributed by atoms with Crippen LogP contribution in [0.5, 0.6) is 0 Å². The molecule has 0 fully saturated rings. The van der Waals surface area contributed by atoms with Gasteiger partial charge in [-0.1, -0.05) is 110 Å². The molecule has 43 heavy (non-hydrogen) atoms. The van der Waals surface area contributed by atoms with Crippen LogP contribution < -0.4 is 0 Å². The van der Waals surface area contributed by atoms with Gasteiger partial charge in [0, 0.05) is 16.2 Å². The largest absolute Gasteiger partial charge is 0.436 e. The standard InChI is InChI=1S/C39H26N2OS/c1-25-9-6-15-31(24-43-36-18-5-4-16-32(25)36)29-13-7-11-27(21-29)28-12-8-14-30(22-28)34-23-40-38-37-33-17-3-2-10-26(33)19-20-35(37)42-39(38)41-34/h2-23H,1,24H2/b9-6-,31-15+. The number of thioether (sulfide) groups is 1. The molecule has 4 heteroatoms. The number of fused-ring (bicyclic) bond motifs is 6. The van der Waals surface area contributed by atoms with Crippen LogP contribution in [0.2, 0.25) is 0 Å². The fourth-order valence-corrected chi connectivity index (χ4v) is 6.91. The Hall–Kier alpha value is -5.19. The minimum atomic E-state index is 0.554. The first-order chi connectivity index (χ1) is 21.2. The number of hydrogen-bond donors (Lipinski definition) is 0. The molecule has 0 saturated carbocycles. The summed E-state index contributed by atoms with van der Waals surface area (Å²) in [6, 6.07) is 38.1. The summed E-state index contributed by atoms with van der Waals surface area (Å²) in [6.45, 7) is 4.28. The molecule has 7 aromatic rings. The van der Waals surface area contributed by atoms with Crippen molar-refractivity contribution in [2.75, 3.05) is 5.75 Å². The smallest absolute Gasteiger partial charge is 0.246 e. The molecular formula is C39H26N2OS. The molecule has 1 aliphatic heterocycles. The van der Waals surface area contributed by atoms with E-state index in [1.807, 2.05) is 36.2 Å². The van der Waals surface area contributed by atoms with Crippen molar-refractivity contribution < 1.29 is 4.42 Å². The van der Waals surface area contributed by atoms with Gasteiger partial charge in [-0.15, -0.1) is 11.8 Å². The Balaban J connectivity index is 1.14. The van der Waals surface area contributed by atoms with Crippen molar-refractivity contribution in [3.63, 3.8) is 0 Å². The summed E-state index contributed by atoms with van der Waals surface area (Å²) in [5.41, 5.74) is 10.9. The van der Waals surface area contributed by atoms with Gasteiger partial charge in [-0.3, -0.25) is 0 Å². The first kappa shape index (κ1) is 25.5. The van der Waals surface area contributed by atoms with Gasteiger partial charge >= 0.3 is 0 Å². The number of furan rings is 1. The van der Waals surface area contributed by atoms with E-state index >= 15 is 0 Å². The summed E-state index contributed by atoms with van der Waals surface area (Å²) >= 11 is 1.85. The Kier molecular flexibility index (Phi) is 6.27. The van der Waals surface area contributed by atoms with E-state index in [4.69, 9.17) is 14.4 Å². The first-order valence-electron chi connectivity index (χ1n) is 14.3. The van der Waals surface area contributed by atoms with Crippen LogP contribution in [-0.4, -0.2) is 15.7 Å². The summed E-state index contributed by atoms with van der Waals surface area (Å²) in [5, 5.41) is 3.30. The minimum Gasteiger partial charge on any atom is -0.436 e. The monoisotopic (exact) mass is 570 g/mol. The highest BCUT2D eigenvalue weighted by molar-refractivity contribution is 7.99. The summed E-state index contributed by atoms with van der Waals surface area (Å²) in [6.07, 6.45) is 8.27. The maximum atomic E-state index is 6.18. The highest BCUT2D eigenvalue weighted by atomic mass is 32.2. The van der Waals surface area contributed by atoms with Gasteiger partial charge in [-0.2, -0.15) is 0 Å². The second kappa shape index (κ2) is 10.6. The molecule has 1 aliphatic rings. The van der Waals surface area contributed by atoms with Crippen LogP contribution in [0.1, 0.15) is 11.1 Å². The van der Waals surface area contributed by atoms with Crippen LogP contribution in [0.4, 0.5) is 0 Å². The molecule has 0 saturated heterocycles. The Morgan fingerprint density at radius 2 is 1.51 bits per heavy atom. The molecule has 0 N–H and O–H groups in total. The van der Waals surface area contributed by atoms with Crippen molar-refractivity contribution in [1.29, 1.82) is 0 Å². The van der Waals surface area contributed by atoms with E-state index in [0.717, 1.165) is 61.0 Å². The third-order valence-electron chi connectivity index (χ3n) is 8.01. The lowest BCUT2D eigenvalue weighted by molar-refractivity contribution is 0.654. The molecule has 2 aromatic heterocycles. The molecule has 0 unspecified atom stereocenters. The van der Waals surface area contributed by atoms with E-state index in [0.29, 0.717) is 5.71 Å². The fourth-order valence-electron chi connectivity index (χ4n) is 5.81. The third kappa shape index (κ3) is 4.66. The third-order valence-corrected chi connectivity index (χ3v) is 9.13. The van der Waals surface area contributed by atoms with E-state index in [1.165, 1.54) is 21.6 Å². The van der Waals surface area contributed by atoms with E-state index in [9.17, 15) is 0 Å². The van der Waals surface area contributed by atoms with Crippen molar-refractivity contribution in [1.82, 2.24) is 9.97 Å². The van der Waals surface area contributed by atoms with Gasteiger partial charge in [0.2, 0.25) is 5.71 Å². The van der Waals surface area contributed by atoms with Crippen molar-refractivity contribution in [2.45, 2.75) is 4.90 Å². The molecule has 0 aliphatic carbocycles. The molecule has 8 rings (SSSR count). The van der Waals surface area contributed by atoms with Gasteiger partial charge in [-0.25, -0.2) is 9.97 Å². The van der Waals surface area contributed by atoms with Crippen molar-refractivity contribution in [2.24, 2.45) is 0 Å². The predicted molar refractivity (Wildman–Crippen MR) is 181 cm³/mol. The Labute approximate surface area is 253 Å². The van der Waals surface area contributed by atoms with Crippen LogP contribution >= 0.6 is 11.8 Å². The number of hydrogen-bond acceptors (Lipinski definition) is 4. The molecule has 204 valence electrons. The molecule has 0 atom stereocenters. The number of aromatic nitrogens is 2. The molecule has 0 bridgehead atoms. The lowest BCUT2D eigenvalue weighted by atomic mass is 9.97. The molecule has 3 nitrogen and oxygen atoms in total. The number of rotatable bonds is 3. The SMILES string of the molecule is C=C1/C=C\C=C(\c2cccc(-c3cccc(-c4cnc5c(n4)oc4ccc6ccccc6c45)c3)c2)CSc2ccccc21. The number of allylic oxidation sites excluding steroid dienone is 4. The molecule has 0 radical (unpaired) electrons. The topological polar surface area (TPSA) is 38.9 Å². The average Bonchev–Trinajstić information content (AvgIpc) is 3.47. The van der Waals surface area contributed by atoms with Crippen molar-refractivity contribution in [3.8, 4) is 22.4 Å². The molecular weight excluding hydrogens is 545 g/mol. The predicted octanol–water partition coefficient (Wildman–Crippen LogP) is 10.6. The Bertz CT molecular complexity index is 2270. The summed E-state index contributed by atoms with van der Waals surface area (Å²) in [7, 11) is 0. The minimum absolute atomic E-state index is 0.554. The Morgan fingerprint density at radius 1 is 0.744 bits per heavy atom. The van der Waals surface area contributed by atoms with Gasteiger partial charge in [0.25, 0.3) is 0 Å². The second-order valence-electron chi connectivity index (χ2n) is 10.7. The lowest BCUT2D eigenvalue weighted by Crippen LogP contribution is -1.91. The zero-order chi connectivity index (χ0) is 28.8. The van der Waals surface area contributed by atoms with Crippen LogP contribution in [0, 0.1) is 0 Å². The van der Waals surface area contributed by atoms with Crippen LogP contribution in [0.3, 0.4) is 0 Å². The van der Waals surface area contributed by atoms with Gasteiger partial charge in [0.1, 0.15) is 11.1 Å². The fraction of sp³-hybridized carbons (Fsp3) is 0.0256. The molecule has 3 heterocycles. The molecule has 0 spiro atoms. The zero-order valence-corrected chi connectivity index (χ0v) is 24.1. The van der Waals surface area contributed by atoms with Crippen molar-refractivity contribution in [3.05, 3.63) is 151 Å². The maximum absolute atomic E-state index is 6.18. The van der Waals surface area contributed by atoms with Gasteiger partial charge in [0.05, 0.1) is 17.3 Å². The second-order valence-corrected chi connectivity index (χ2v) is 11.7. The summed E-state index contributed by atoms with van der Waals surface area (Å²) in [4.78, 5) is 11.0. The normalized spacial score (nSPS) is 15.4. The Morgan fingerprint density at radius 3 is 2.42 bits per heavy atom. The van der Waals surface area contributed by atoms with Crippen LogP contribution in [0.15, 0.2) is 150 Å². The first-order valence-corrected chi connectivity index (χ1v) is 15.3.